The molecular formula is C23H19N3O3S. The van der Waals surface area contributed by atoms with Crippen LogP contribution in [-0.2, 0) is 20.7 Å². The lowest BCUT2D eigenvalue weighted by Gasteiger charge is -2.09. The highest BCUT2D eigenvalue weighted by Crippen LogP contribution is 2.24. The minimum Gasteiger partial charge on any atom is -0.455 e. The van der Waals surface area contributed by atoms with Crippen molar-refractivity contribution in [1.29, 1.82) is 0 Å². The minimum atomic E-state index is -0.436. The van der Waals surface area contributed by atoms with E-state index in [2.05, 4.69) is 10.4 Å². The average Bonchev–Trinajstić information content (AvgIpc) is 3.44. The Balaban J connectivity index is 1.48. The van der Waals surface area contributed by atoms with E-state index in [9.17, 15) is 9.59 Å². The van der Waals surface area contributed by atoms with E-state index in [1.165, 1.54) is 11.3 Å². The fraction of sp³-hybridized carbons (Fsp3) is 0.0870. The number of benzene rings is 2. The molecule has 4 aromatic rings. The highest BCUT2D eigenvalue weighted by molar-refractivity contribution is 7.10. The monoisotopic (exact) mass is 417 g/mol. The Morgan fingerprint density at radius 1 is 0.967 bits per heavy atom. The molecule has 2 heterocycles. The highest BCUT2D eigenvalue weighted by atomic mass is 32.1. The van der Waals surface area contributed by atoms with E-state index in [0.29, 0.717) is 5.82 Å². The normalized spacial score (nSPS) is 10.5. The van der Waals surface area contributed by atoms with Crippen molar-refractivity contribution in [1.82, 2.24) is 9.78 Å². The van der Waals surface area contributed by atoms with Gasteiger partial charge < -0.3 is 10.1 Å². The van der Waals surface area contributed by atoms with Crippen LogP contribution in [0.4, 0.5) is 5.82 Å². The van der Waals surface area contributed by atoms with Gasteiger partial charge in [0.05, 0.1) is 17.8 Å². The second-order valence-corrected chi connectivity index (χ2v) is 7.53. The second-order valence-electron chi connectivity index (χ2n) is 6.49. The quantitative estimate of drug-likeness (QED) is 0.455. The molecule has 30 heavy (non-hydrogen) atoms. The minimum absolute atomic E-state index is 0.158. The second kappa shape index (κ2) is 9.19. The third-order valence-corrected chi connectivity index (χ3v) is 5.19. The molecule has 1 N–H and O–H groups in total. The van der Waals surface area contributed by atoms with Gasteiger partial charge in [-0.15, -0.1) is 11.3 Å². The molecule has 0 aliphatic rings. The van der Waals surface area contributed by atoms with Crippen molar-refractivity contribution in [3.63, 3.8) is 0 Å². The van der Waals surface area contributed by atoms with Gasteiger partial charge in [0.15, 0.2) is 6.61 Å². The number of thiophene rings is 1. The maximum atomic E-state index is 12.4. The number of nitrogens with one attached hydrogen (secondary N) is 1. The van der Waals surface area contributed by atoms with E-state index < -0.39 is 11.9 Å². The van der Waals surface area contributed by atoms with E-state index >= 15 is 0 Å². The lowest BCUT2D eigenvalue weighted by atomic mass is 10.2. The lowest BCUT2D eigenvalue weighted by molar-refractivity contribution is -0.146. The Bertz CT molecular complexity index is 1120. The first-order chi connectivity index (χ1) is 14.7. The van der Waals surface area contributed by atoms with Gasteiger partial charge in [-0.2, -0.15) is 5.10 Å². The summed E-state index contributed by atoms with van der Waals surface area (Å²) in [6.45, 7) is -0.356. The van der Waals surface area contributed by atoms with Gasteiger partial charge in [0.25, 0.3) is 5.91 Å². The first-order valence-corrected chi connectivity index (χ1v) is 10.3. The number of carbonyl (C=O) groups is 2. The van der Waals surface area contributed by atoms with Crippen LogP contribution in [0.5, 0.6) is 0 Å². The molecule has 0 atom stereocenters. The number of para-hydroxylation sites is 1. The van der Waals surface area contributed by atoms with Crippen molar-refractivity contribution in [2.75, 3.05) is 11.9 Å². The predicted octanol–water partition coefficient (Wildman–Crippen LogP) is 4.33. The largest absolute Gasteiger partial charge is 0.455 e. The van der Waals surface area contributed by atoms with Crippen LogP contribution in [0.1, 0.15) is 4.88 Å². The zero-order chi connectivity index (χ0) is 20.8. The number of carbonyl (C=O) groups excluding carboxylic acids is 2. The predicted molar refractivity (Wildman–Crippen MR) is 117 cm³/mol. The topological polar surface area (TPSA) is 73.2 Å². The lowest BCUT2D eigenvalue weighted by Crippen LogP contribution is -2.22. The Labute approximate surface area is 177 Å². The van der Waals surface area contributed by atoms with Crippen LogP contribution in [0.25, 0.3) is 16.9 Å². The number of amides is 1. The third-order valence-electron chi connectivity index (χ3n) is 4.31. The maximum absolute atomic E-state index is 12.4. The molecule has 1 amide bonds. The molecule has 4 rings (SSSR count). The van der Waals surface area contributed by atoms with Crippen LogP contribution in [0.3, 0.4) is 0 Å². The van der Waals surface area contributed by atoms with Gasteiger partial charge in [-0.3, -0.25) is 9.59 Å². The van der Waals surface area contributed by atoms with Gasteiger partial charge in [0, 0.05) is 16.5 Å². The molecule has 0 spiro atoms. The summed E-state index contributed by atoms with van der Waals surface area (Å²) in [5, 5.41) is 9.34. The highest BCUT2D eigenvalue weighted by Gasteiger charge is 2.15. The molecular weight excluding hydrogens is 398 g/mol. The van der Waals surface area contributed by atoms with Crippen molar-refractivity contribution in [2.45, 2.75) is 6.42 Å². The Morgan fingerprint density at radius 3 is 2.40 bits per heavy atom. The summed E-state index contributed by atoms with van der Waals surface area (Å²) < 4.78 is 6.77. The molecule has 0 saturated heterocycles. The standard InChI is InChI=1S/C23H19N3O3S/c27-22(16-29-23(28)14-19-12-7-13-30-19)24-21-15-20(17-8-3-1-4-9-17)25-26(21)18-10-5-2-6-11-18/h1-13,15H,14,16H2,(H,24,27). The zero-order valence-corrected chi connectivity index (χ0v) is 16.8. The van der Waals surface area contributed by atoms with Crippen molar-refractivity contribution in [2.24, 2.45) is 0 Å². The van der Waals surface area contributed by atoms with E-state index in [1.807, 2.05) is 78.2 Å². The van der Waals surface area contributed by atoms with Crippen LogP contribution < -0.4 is 5.32 Å². The summed E-state index contributed by atoms with van der Waals surface area (Å²) in [6, 6.07) is 24.8. The SMILES string of the molecule is O=C(COC(=O)Cc1cccs1)Nc1cc(-c2ccccc2)nn1-c1ccccc1. The molecule has 0 unspecified atom stereocenters. The molecule has 7 heteroatoms. The molecule has 0 bridgehead atoms. The number of hydrogen-bond acceptors (Lipinski definition) is 5. The van der Waals surface area contributed by atoms with Crippen LogP contribution in [-0.4, -0.2) is 28.3 Å². The molecule has 0 radical (unpaired) electrons. The van der Waals surface area contributed by atoms with Gasteiger partial charge in [-0.25, -0.2) is 4.68 Å². The van der Waals surface area contributed by atoms with Crippen LogP contribution in [0.2, 0.25) is 0 Å². The van der Waals surface area contributed by atoms with E-state index in [-0.39, 0.29) is 13.0 Å². The zero-order valence-electron chi connectivity index (χ0n) is 16.0. The van der Waals surface area contributed by atoms with Crippen LogP contribution >= 0.6 is 11.3 Å². The third kappa shape index (κ3) is 4.82. The number of nitrogens with zero attached hydrogens (tertiary/aromatic N) is 2. The van der Waals surface area contributed by atoms with Crippen molar-refractivity contribution in [3.8, 4) is 16.9 Å². The molecule has 0 aliphatic heterocycles. The van der Waals surface area contributed by atoms with E-state index in [0.717, 1.165) is 21.8 Å². The van der Waals surface area contributed by atoms with Gasteiger partial charge in [-0.05, 0) is 23.6 Å². The summed E-state index contributed by atoms with van der Waals surface area (Å²) >= 11 is 1.48. The van der Waals surface area contributed by atoms with Crippen molar-refractivity contribution >= 4 is 29.0 Å². The van der Waals surface area contributed by atoms with Crippen LogP contribution in [0.15, 0.2) is 84.2 Å². The molecule has 6 nitrogen and oxygen atoms in total. The van der Waals surface area contributed by atoms with Gasteiger partial charge in [0.1, 0.15) is 5.82 Å². The molecule has 2 aromatic carbocycles. The first-order valence-electron chi connectivity index (χ1n) is 9.38. The summed E-state index contributed by atoms with van der Waals surface area (Å²) in [4.78, 5) is 25.3. The van der Waals surface area contributed by atoms with Crippen molar-refractivity contribution in [3.05, 3.63) is 89.1 Å². The Morgan fingerprint density at radius 2 is 1.70 bits per heavy atom. The van der Waals surface area contributed by atoms with E-state index in [4.69, 9.17) is 4.74 Å². The van der Waals surface area contributed by atoms with Crippen LogP contribution in [0, 0.1) is 0 Å². The van der Waals surface area contributed by atoms with E-state index in [1.54, 1.807) is 10.7 Å². The number of anilines is 1. The summed E-state index contributed by atoms with van der Waals surface area (Å²) in [7, 11) is 0. The molecule has 0 fully saturated rings. The summed E-state index contributed by atoms with van der Waals surface area (Å²) in [5.74, 6) is -0.361. The van der Waals surface area contributed by atoms with Crippen molar-refractivity contribution < 1.29 is 14.3 Å². The fourth-order valence-electron chi connectivity index (χ4n) is 2.92. The number of ether oxygens (including phenoxy) is 1. The maximum Gasteiger partial charge on any atom is 0.311 e. The Kier molecular flexibility index (Phi) is 6.01. The molecule has 150 valence electrons. The molecule has 0 aliphatic carbocycles. The summed E-state index contributed by atoms with van der Waals surface area (Å²) in [5.41, 5.74) is 2.47. The smallest absolute Gasteiger partial charge is 0.311 e. The summed E-state index contributed by atoms with van der Waals surface area (Å²) in [6.07, 6.45) is 0.158. The Hall–Kier alpha value is -3.71. The average molecular weight is 417 g/mol. The number of esters is 1. The number of rotatable bonds is 7. The number of aromatic nitrogens is 2. The van der Waals surface area contributed by atoms with Gasteiger partial charge in [-0.1, -0.05) is 54.6 Å². The van der Waals surface area contributed by atoms with Gasteiger partial charge in [0.2, 0.25) is 0 Å². The first kappa shape index (κ1) is 19.6. The number of hydrogen-bond donors (Lipinski definition) is 1. The fourth-order valence-corrected chi connectivity index (χ4v) is 3.61. The van der Waals surface area contributed by atoms with Gasteiger partial charge >= 0.3 is 5.97 Å². The molecule has 2 aromatic heterocycles. The molecule has 0 saturated carbocycles.